The van der Waals surface area contributed by atoms with Gasteiger partial charge in [0.25, 0.3) is 0 Å². The molecule has 2 aliphatic rings. The molecule has 2 aromatic rings. The summed E-state index contributed by atoms with van der Waals surface area (Å²) < 4.78 is 5.53. The lowest BCUT2D eigenvalue weighted by molar-refractivity contribution is -0.145. The average molecular weight is 551 g/mol. The van der Waals surface area contributed by atoms with Gasteiger partial charge in [-0.2, -0.15) is 0 Å². The molecule has 0 saturated carbocycles. The summed E-state index contributed by atoms with van der Waals surface area (Å²) in [6, 6.07) is 12.3. The Balaban J connectivity index is 1.43. The lowest BCUT2D eigenvalue weighted by Gasteiger charge is -2.29. The van der Waals surface area contributed by atoms with E-state index in [9.17, 15) is 29.1 Å². The highest BCUT2D eigenvalue weighted by Crippen LogP contribution is 2.44. The standard InChI is InChI=1S/C29H34N4O7/c1-16(2)25(28(37)38)32-26(35)23-12-7-13-33(23)27(36)22(14-24(30)34)31-29(39)40-15-21-19-10-5-3-8-17(19)18-9-4-6-11-20(18)21/h3-6,8-11,16,21-23,25H,7,12-15H2,1-2H3,(H2,30,34)(H,31,39)(H,32,35)(H,37,38)/t22-,23-,25-/m0/s1. The number of carbonyl (C=O) groups excluding carboxylic acids is 4. The van der Waals surface area contributed by atoms with E-state index in [4.69, 9.17) is 10.5 Å². The van der Waals surface area contributed by atoms with Gasteiger partial charge < -0.3 is 31.1 Å². The first kappa shape index (κ1) is 28.6. The first-order valence-electron chi connectivity index (χ1n) is 13.3. The van der Waals surface area contributed by atoms with Crippen molar-refractivity contribution in [2.24, 2.45) is 11.7 Å². The quantitative estimate of drug-likeness (QED) is 0.351. The van der Waals surface area contributed by atoms with Crippen LogP contribution in [0.25, 0.3) is 11.1 Å². The fourth-order valence-electron chi connectivity index (χ4n) is 5.45. The predicted molar refractivity (Wildman–Crippen MR) is 145 cm³/mol. The first-order valence-corrected chi connectivity index (χ1v) is 13.3. The maximum absolute atomic E-state index is 13.4. The van der Waals surface area contributed by atoms with Gasteiger partial charge in [0.05, 0.1) is 6.42 Å². The summed E-state index contributed by atoms with van der Waals surface area (Å²) in [5.74, 6) is -3.83. The highest BCUT2D eigenvalue weighted by Gasteiger charge is 2.40. The Morgan fingerprint density at radius 2 is 1.60 bits per heavy atom. The largest absolute Gasteiger partial charge is 0.480 e. The molecule has 0 aromatic heterocycles. The normalized spacial score (nSPS) is 17.5. The third-order valence-electron chi connectivity index (χ3n) is 7.41. The molecule has 0 radical (unpaired) electrons. The molecule has 5 N–H and O–H groups in total. The minimum atomic E-state index is -1.35. The van der Waals surface area contributed by atoms with E-state index in [2.05, 4.69) is 10.6 Å². The van der Waals surface area contributed by atoms with Gasteiger partial charge in [-0.3, -0.25) is 14.4 Å². The molecular weight excluding hydrogens is 516 g/mol. The van der Waals surface area contributed by atoms with Gasteiger partial charge in [-0.25, -0.2) is 9.59 Å². The number of hydrogen-bond donors (Lipinski definition) is 4. The lowest BCUT2D eigenvalue weighted by Crippen LogP contribution is -2.56. The number of alkyl carbamates (subject to hydrolysis) is 1. The Morgan fingerprint density at radius 1 is 1.00 bits per heavy atom. The number of nitrogens with two attached hydrogens (primary N) is 1. The van der Waals surface area contributed by atoms with Gasteiger partial charge in [-0.15, -0.1) is 0 Å². The van der Waals surface area contributed by atoms with Crippen LogP contribution in [0.5, 0.6) is 0 Å². The van der Waals surface area contributed by atoms with Crippen LogP contribution in [0.1, 0.15) is 50.2 Å². The van der Waals surface area contributed by atoms with E-state index in [1.54, 1.807) is 13.8 Å². The number of carbonyl (C=O) groups is 5. The lowest BCUT2D eigenvalue weighted by atomic mass is 9.98. The van der Waals surface area contributed by atoms with Gasteiger partial charge in [-0.1, -0.05) is 62.4 Å². The van der Waals surface area contributed by atoms with Crippen molar-refractivity contribution in [1.29, 1.82) is 0 Å². The van der Waals surface area contributed by atoms with Crippen LogP contribution in [-0.2, 0) is 23.9 Å². The van der Waals surface area contributed by atoms with E-state index >= 15 is 0 Å². The van der Waals surface area contributed by atoms with Crippen molar-refractivity contribution in [3.05, 3.63) is 59.7 Å². The van der Waals surface area contributed by atoms with Crippen molar-refractivity contribution in [1.82, 2.24) is 15.5 Å². The molecule has 0 unspecified atom stereocenters. The van der Waals surface area contributed by atoms with E-state index in [-0.39, 0.29) is 25.0 Å². The number of primary amides is 1. The number of aliphatic carboxylic acids is 1. The SMILES string of the molecule is CC(C)[C@H](NC(=O)[C@@H]1CCCN1C(=O)[C@H](CC(N)=O)NC(=O)OCC1c2ccccc2-c2ccccc21)C(=O)O. The van der Waals surface area contributed by atoms with E-state index in [0.29, 0.717) is 12.8 Å². The summed E-state index contributed by atoms with van der Waals surface area (Å²) in [6.45, 7) is 3.55. The van der Waals surface area contributed by atoms with Crippen LogP contribution in [0.2, 0.25) is 0 Å². The van der Waals surface area contributed by atoms with Crippen molar-refractivity contribution in [2.75, 3.05) is 13.2 Å². The van der Waals surface area contributed by atoms with Crippen molar-refractivity contribution in [3.63, 3.8) is 0 Å². The third-order valence-corrected chi connectivity index (χ3v) is 7.41. The number of hydrogen-bond acceptors (Lipinski definition) is 6. The fraction of sp³-hybridized carbons (Fsp3) is 0.414. The summed E-state index contributed by atoms with van der Waals surface area (Å²) in [5.41, 5.74) is 9.54. The molecule has 1 aliphatic carbocycles. The van der Waals surface area contributed by atoms with Crippen LogP contribution >= 0.6 is 0 Å². The van der Waals surface area contributed by atoms with E-state index in [1.165, 1.54) is 4.90 Å². The minimum Gasteiger partial charge on any atom is -0.480 e. The Bertz CT molecular complexity index is 1270. The van der Waals surface area contributed by atoms with E-state index in [0.717, 1.165) is 22.3 Å². The van der Waals surface area contributed by atoms with Crippen molar-refractivity contribution < 1.29 is 33.8 Å². The number of ether oxygens (including phenoxy) is 1. The first-order chi connectivity index (χ1) is 19.1. The average Bonchev–Trinajstić information content (AvgIpc) is 3.52. The second-order valence-electron chi connectivity index (χ2n) is 10.5. The number of fused-ring (bicyclic) bond motifs is 3. The van der Waals surface area contributed by atoms with Gasteiger partial charge in [0.1, 0.15) is 24.7 Å². The Kier molecular flexibility index (Phi) is 8.71. The summed E-state index contributed by atoms with van der Waals surface area (Å²) in [5, 5.41) is 14.4. The molecular formula is C29H34N4O7. The maximum atomic E-state index is 13.4. The third kappa shape index (κ3) is 6.08. The van der Waals surface area contributed by atoms with Crippen LogP contribution in [0.15, 0.2) is 48.5 Å². The van der Waals surface area contributed by atoms with Crippen LogP contribution in [0, 0.1) is 5.92 Å². The van der Waals surface area contributed by atoms with Crippen molar-refractivity contribution in [2.45, 2.75) is 57.2 Å². The molecule has 3 atom stereocenters. The van der Waals surface area contributed by atoms with Gasteiger partial charge in [0.15, 0.2) is 0 Å². The fourth-order valence-corrected chi connectivity index (χ4v) is 5.45. The number of nitrogens with zero attached hydrogens (tertiary/aromatic N) is 1. The molecule has 4 rings (SSSR count). The van der Waals surface area contributed by atoms with Gasteiger partial charge in [-0.05, 0) is 41.0 Å². The van der Waals surface area contributed by atoms with Crippen molar-refractivity contribution >= 4 is 29.8 Å². The minimum absolute atomic E-state index is 0.0118. The maximum Gasteiger partial charge on any atom is 0.407 e. The second kappa shape index (κ2) is 12.2. The highest BCUT2D eigenvalue weighted by molar-refractivity contribution is 5.95. The molecule has 0 spiro atoms. The number of likely N-dealkylation sites (tertiary alicyclic amines) is 1. The number of carboxylic acid groups (broad SMARTS) is 1. The summed E-state index contributed by atoms with van der Waals surface area (Å²) in [6.07, 6.45) is -0.571. The van der Waals surface area contributed by atoms with Crippen LogP contribution < -0.4 is 16.4 Å². The molecule has 1 fully saturated rings. The van der Waals surface area contributed by atoms with Crippen LogP contribution in [-0.4, -0.2) is 71.1 Å². The Hall–Kier alpha value is -4.41. The number of amides is 4. The zero-order chi connectivity index (χ0) is 29.0. The second-order valence-corrected chi connectivity index (χ2v) is 10.5. The zero-order valence-electron chi connectivity index (χ0n) is 22.5. The molecule has 1 saturated heterocycles. The Labute approximate surface area is 232 Å². The van der Waals surface area contributed by atoms with E-state index < -0.39 is 54.3 Å². The van der Waals surface area contributed by atoms with Gasteiger partial charge >= 0.3 is 12.1 Å². The number of carboxylic acids is 1. The topological polar surface area (TPSA) is 168 Å². The monoisotopic (exact) mass is 550 g/mol. The molecule has 4 amide bonds. The smallest absolute Gasteiger partial charge is 0.407 e. The van der Waals surface area contributed by atoms with Gasteiger partial charge in [0.2, 0.25) is 17.7 Å². The molecule has 212 valence electrons. The molecule has 1 heterocycles. The number of nitrogens with one attached hydrogen (secondary N) is 2. The molecule has 11 nitrogen and oxygen atoms in total. The van der Waals surface area contributed by atoms with Gasteiger partial charge in [0, 0.05) is 12.5 Å². The molecule has 2 aromatic carbocycles. The summed E-state index contributed by atoms with van der Waals surface area (Å²) >= 11 is 0. The summed E-state index contributed by atoms with van der Waals surface area (Å²) in [4.78, 5) is 63.8. The van der Waals surface area contributed by atoms with E-state index in [1.807, 2.05) is 48.5 Å². The molecule has 0 bridgehead atoms. The summed E-state index contributed by atoms with van der Waals surface area (Å²) in [7, 11) is 0. The predicted octanol–water partition coefficient (Wildman–Crippen LogP) is 1.99. The molecule has 1 aliphatic heterocycles. The number of rotatable bonds is 10. The zero-order valence-corrected chi connectivity index (χ0v) is 22.5. The molecule has 11 heteroatoms. The number of benzene rings is 2. The highest BCUT2D eigenvalue weighted by atomic mass is 16.5. The molecule has 40 heavy (non-hydrogen) atoms. The van der Waals surface area contributed by atoms with Crippen LogP contribution in [0.4, 0.5) is 4.79 Å². The Morgan fingerprint density at radius 3 is 2.15 bits per heavy atom. The van der Waals surface area contributed by atoms with Crippen molar-refractivity contribution in [3.8, 4) is 11.1 Å². The van der Waals surface area contributed by atoms with Crippen LogP contribution in [0.3, 0.4) is 0 Å².